The van der Waals surface area contributed by atoms with E-state index in [4.69, 9.17) is 4.42 Å². The molecule has 1 amide bonds. The number of nitrogens with one attached hydrogen (secondary N) is 1. The van der Waals surface area contributed by atoms with Crippen molar-refractivity contribution in [3.63, 3.8) is 0 Å². The fourth-order valence-electron chi connectivity index (χ4n) is 2.74. The van der Waals surface area contributed by atoms with Crippen molar-refractivity contribution < 1.29 is 9.21 Å². The number of hydrogen-bond acceptors (Lipinski definition) is 3. The van der Waals surface area contributed by atoms with Gasteiger partial charge >= 0.3 is 0 Å². The molecule has 106 valence electrons. The van der Waals surface area contributed by atoms with Crippen LogP contribution in [0.1, 0.15) is 25.5 Å². The molecular formula is C16H20N2O2. The highest BCUT2D eigenvalue weighted by atomic mass is 16.3. The van der Waals surface area contributed by atoms with Gasteiger partial charge in [-0.2, -0.15) is 0 Å². The minimum Gasteiger partial charge on any atom is -0.460 e. The molecule has 0 radical (unpaired) electrons. The summed E-state index contributed by atoms with van der Waals surface area (Å²) >= 11 is 0. The Morgan fingerprint density at radius 1 is 1.45 bits per heavy atom. The summed E-state index contributed by atoms with van der Waals surface area (Å²) in [4.78, 5) is 14.5. The Bertz CT molecular complexity index is 587. The maximum atomic E-state index is 12.6. The Morgan fingerprint density at radius 2 is 2.25 bits per heavy atom. The molecule has 1 aliphatic rings. The number of hydrogen-bond donors (Lipinski definition) is 1. The van der Waals surface area contributed by atoms with Gasteiger partial charge in [0.05, 0.1) is 5.92 Å². The Kier molecular flexibility index (Phi) is 3.49. The zero-order chi connectivity index (χ0) is 14.1. The number of piperazine rings is 1. The maximum Gasteiger partial charge on any atom is 0.233 e. The molecule has 2 aromatic rings. The van der Waals surface area contributed by atoms with Crippen LogP contribution in [0.5, 0.6) is 0 Å². The van der Waals surface area contributed by atoms with E-state index in [-0.39, 0.29) is 11.8 Å². The minimum atomic E-state index is -0.229. The first-order valence-corrected chi connectivity index (χ1v) is 7.16. The summed E-state index contributed by atoms with van der Waals surface area (Å²) in [6, 6.07) is 10.2. The summed E-state index contributed by atoms with van der Waals surface area (Å²) in [7, 11) is 0. The van der Waals surface area contributed by atoms with Crippen molar-refractivity contribution in [2.45, 2.75) is 25.8 Å². The van der Waals surface area contributed by atoms with Gasteiger partial charge in [0.2, 0.25) is 5.91 Å². The number of benzene rings is 1. The molecule has 1 fully saturated rings. The number of furan rings is 1. The van der Waals surface area contributed by atoms with Gasteiger partial charge in [-0.3, -0.25) is 4.79 Å². The molecule has 1 aromatic carbocycles. The third-order valence-electron chi connectivity index (χ3n) is 3.92. The van der Waals surface area contributed by atoms with Gasteiger partial charge in [-0.1, -0.05) is 18.2 Å². The normalized spacial score (nSPS) is 21.1. The van der Waals surface area contributed by atoms with Gasteiger partial charge in [0, 0.05) is 31.1 Å². The van der Waals surface area contributed by atoms with Crippen molar-refractivity contribution in [2.24, 2.45) is 0 Å². The Morgan fingerprint density at radius 3 is 3.00 bits per heavy atom. The summed E-state index contributed by atoms with van der Waals surface area (Å²) in [5, 5.41) is 4.40. The first-order chi connectivity index (χ1) is 9.65. The number of rotatable bonds is 2. The molecule has 0 aliphatic carbocycles. The molecule has 2 heterocycles. The summed E-state index contributed by atoms with van der Waals surface area (Å²) in [5.41, 5.74) is 0.843. The van der Waals surface area contributed by atoms with E-state index in [1.54, 1.807) is 0 Å². The van der Waals surface area contributed by atoms with E-state index in [0.717, 1.165) is 36.4 Å². The number of para-hydroxylation sites is 1. The summed E-state index contributed by atoms with van der Waals surface area (Å²) < 4.78 is 5.81. The molecule has 0 saturated carbocycles. The highest BCUT2D eigenvalue weighted by Gasteiger charge is 2.27. The molecule has 1 aromatic heterocycles. The topological polar surface area (TPSA) is 45.5 Å². The third-order valence-corrected chi connectivity index (χ3v) is 3.92. The zero-order valence-electron chi connectivity index (χ0n) is 11.9. The second-order valence-electron chi connectivity index (χ2n) is 5.55. The minimum absolute atomic E-state index is 0.150. The molecule has 4 nitrogen and oxygen atoms in total. The van der Waals surface area contributed by atoms with Gasteiger partial charge in [0.25, 0.3) is 0 Å². The van der Waals surface area contributed by atoms with Crippen LogP contribution in [0.2, 0.25) is 0 Å². The Balaban J connectivity index is 1.80. The monoisotopic (exact) mass is 272 g/mol. The predicted molar refractivity (Wildman–Crippen MR) is 78.7 cm³/mol. The fraction of sp³-hybridized carbons (Fsp3) is 0.438. The number of carbonyl (C=O) groups is 1. The van der Waals surface area contributed by atoms with Crippen molar-refractivity contribution in [1.82, 2.24) is 10.2 Å². The molecule has 2 atom stereocenters. The lowest BCUT2D eigenvalue weighted by Gasteiger charge is -2.33. The van der Waals surface area contributed by atoms with E-state index in [1.807, 2.05) is 42.2 Å². The molecule has 1 saturated heterocycles. The average molecular weight is 272 g/mol. The average Bonchev–Trinajstić information content (AvgIpc) is 2.89. The Labute approximate surface area is 118 Å². The van der Waals surface area contributed by atoms with Gasteiger partial charge < -0.3 is 14.6 Å². The van der Waals surface area contributed by atoms with Crippen LogP contribution in [-0.4, -0.2) is 36.5 Å². The van der Waals surface area contributed by atoms with Crippen molar-refractivity contribution in [1.29, 1.82) is 0 Å². The molecule has 4 heteroatoms. The first-order valence-electron chi connectivity index (χ1n) is 7.16. The summed E-state index contributed by atoms with van der Waals surface area (Å²) in [6.07, 6.45) is 0. The van der Waals surface area contributed by atoms with Crippen LogP contribution in [0.15, 0.2) is 34.7 Å². The second kappa shape index (κ2) is 5.29. The molecule has 3 rings (SSSR count). The van der Waals surface area contributed by atoms with Crippen molar-refractivity contribution in [3.05, 3.63) is 36.1 Å². The van der Waals surface area contributed by atoms with Crippen LogP contribution in [-0.2, 0) is 4.79 Å². The second-order valence-corrected chi connectivity index (χ2v) is 5.55. The van der Waals surface area contributed by atoms with Crippen LogP contribution in [0.4, 0.5) is 0 Å². The van der Waals surface area contributed by atoms with Crippen molar-refractivity contribution in [3.8, 4) is 0 Å². The molecule has 1 aliphatic heterocycles. The van der Waals surface area contributed by atoms with Crippen LogP contribution in [0.25, 0.3) is 11.0 Å². The molecule has 2 unspecified atom stereocenters. The lowest BCUT2D eigenvalue weighted by atomic mass is 10.1. The smallest absolute Gasteiger partial charge is 0.233 e. The van der Waals surface area contributed by atoms with Gasteiger partial charge in [0.15, 0.2) is 0 Å². The van der Waals surface area contributed by atoms with Crippen molar-refractivity contribution >= 4 is 16.9 Å². The maximum absolute atomic E-state index is 12.6. The molecule has 0 spiro atoms. The fourth-order valence-corrected chi connectivity index (χ4v) is 2.74. The van der Waals surface area contributed by atoms with Crippen LogP contribution >= 0.6 is 0 Å². The lowest BCUT2D eigenvalue weighted by molar-refractivity contribution is -0.133. The van der Waals surface area contributed by atoms with E-state index in [1.165, 1.54) is 0 Å². The van der Waals surface area contributed by atoms with Crippen LogP contribution in [0, 0.1) is 0 Å². The number of amides is 1. The predicted octanol–water partition coefficient (Wildman–Crippen LogP) is 2.36. The highest BCUT2D eigenvalue weighted by molar-refractivity contribution is 5.85. The highest BCUT2D eigenvalue weighted by Crippen LogP contribution is 2.26. The SMILES string of the molecule is CC1CN(C(=O)C(C)c2cc3ccccc3o2)CCN1. The van der Waals surface area contributed by atoms with Crippen LogP contribution < -0.4 is 5.32 Å². The van der Waals surface area contributed by atoms with E-state index >= 15 is 0 Å². The molecule has 0 bridgehead atoms. The largest absolute Gasteiger partial charge is 0.460 e. The first kappa shape index (κ1) is 13.2. The molecule has 1 N–H and O–H groups in total. The zero-order valence-corrected chi connectivity index (χ0v) is 11.9. The van der Waals surface area contributed by atoms with Crippen LogP contribution in [0.3, 0.4) is 0 Å². The summed E-state index contributed by atoms with van der Waals surface area (Å²) in [5.74, 6) is 0.674. The van der Waals surface area contributed by atoms with E-state index in [2.05, 4.69) is 12.2 Å². The van der Waals surface area contributed by atoms with Gasteiger partial charge in [-0.05, 0) is 26.0 Å². The molecule has 20 heavy (non-hydrogen) atoms. The summed E-state index contributed by atoms with van der Waals surface area (Å²) in [6.45, 7) is 6.43. The number of carbonyl (C=O) groups excluding carboxylic acids is 1. The lowest BCUT2D eigenvalue weighted by Crippen LogP contribution is -2.52. The molecular weight excluding hydrogens is 252 g/mol. The Hall–Kier alpha value is -1.81. The van der Waals surface area contributed by atoms with Gasteiger partial charge in [0.1, 0.15) is 11.3 Å². The van der Waals surface area contributed by atoms with E-state index in [9.17, 15) is 4.79 Å². The van der Waals surface area contributed by atoms with E-state index < -0.39 is 0 Å². The quantitative estimate of drug-likeness (QED) is 0.913. The number of nitrogens with zero attached hydrogens (tertiary/aromatic N) is 1. The third kappa shape index (κ3) is 2.43. The van der Waals surface area contributed by atoms with Gasteiger partial charge in [-0.25, -0.2) is 0 Å². The van der Waals surface area contributed by atoms with E-state index in [0.29, 0.717) is 6.04 Å². The van der Waals surface area contributed by atoms with Gasteiger partial charge in [-0.15, -0.1) is 0 Å². The number of fused-ring (bicyclic) bond motifs is 1. The van der Waals surface area contributed by atoms with Crippen molar-refractivity contribution in [2.75, 3.05) is 19.6 Å². The standard InChI is InChI=1S/C16H20N2O2/c1-11-10-18(8-7-17-11)16(19)12(2)15-9-13-5-3-4-6-14(13)20-15/h3-6,9,11-12,17H,7-8,10H2,1-2H3.